The molecule has 3 nitrogen and oxygen atoms in total. The van der Waals surface area contributed by atoms with E-state index in [-0.39, 0.29) is 0 Å². The number of nitrogens with one attached hydrogen (secondary N) is 1. The highest BCUT2D eigenvalue weighted by Gasteiger charge is 2.11. The molecule has 1 fully saturated rings. The zero-order valence-corrected chi connectivity index (χ0v) is 9.01. The topological polar surface area (TPSA) is 28.2 Å². The van der Waals surface area contributed by atoms with Gasteiger partial charge < -0.3 is 10.2 Å². The first kappa shape index (κ1) is 9.74. The number of piperazine rings is 1. The van der Waals surface area contributed by atoms with Gasteiger partial charge in [-0.25, -0.2) is 4.98 Å². The average Bonchev–Trinajstić information content (AvgIpc) is 2.18. The molecule has 2 heterocycles. The van der Waals surface area contributed by atoms with E-state index in [1.165, 1.54) is 0 Å². The maximum Gasteiger partial charge on any atom is 0.130 e. The van der Waals surface area contributed by atoms with Crippen LogP contribution in [-0.4, -0.2) is 31.2 Å². The van der Waals surface area contributed by atoms with Crippen molar-refractivity contribution in [3.05, 3.63) is 22.8 Å². The van der Waals surface area contributed by atoms with Gasteiger partial charge in [-0.1, -0.05) is 11.6 Å². The minimum absolute atomic E-state index is 0.769. The predicted molar refractivity (Wildman–Crippen MR) is 59.1 cm³/mol. The molecule has 76 valence electrons. The second-order valence-corrected chi connectivity index (χ2v) is 3.96. The fourth-order valence-electron chi connectivity index (χ4n) is 1.67. The van der Waals surface area contributed by atoms with Crippen LogP contribution in [0.3, 0.4) is 0 Å². The third-order valence-corrected chi connectivity index (χ3v) is 2.56. The summed E-state index contributed by atoms with van der Waals surface area (Å²) in [6, 6.07) is 3.81. The Morgan fingerprint density at radius 3 is 2.71 bits per heavy atom. The monoisotopic (exact) mass is 211 g/mol. The summed E-state index contributed by atoms with van der Waals surface area (Å²) in [6.45, 7) is 6.03. The minimum Gasteiger partial charge on any atom is -0.354 e. The smallest absolute Gasteiger partial charge is 0.130 e. The Morgan fingerprint density at radius 1 is 1.36 bits per heavy atom. The van der Waals surface area contributed by atoms with Crippen LogP contribution in [0.1, 0.15) is 5.69 Å². The van der Waals surface area contributed by atoms with Crippen molar-refractivity contribution >= 4 is 17.4 Å². The lowest BCUT2D eigenvalue weighted by Crippen LogP contribution is -2.43. The van der Waals surface area contributed by atoms with E-state index in [9.17, 15) is 0 Å². The van der Waals surface area contributed by atoms with E-state index in [0.717, 1.165) is 42.7 Å². The first-order valence-electron chi connectivity index (χ1n) is 4.85. The lowest BCUT2D eigenvalue weighted by Gasteiger charge is -2.28. The van der Waals surface area contributed by atoms with Gasteiger partial charge in [0, 0.05) is 36.9 Å². The van der Waals surface area contributed by atoms with Crippen molar-refractivity contribution < 1.29 is 0 Å². The van der Waals surface area contributed by atoms with Crippen molar-refractivity contribution in [2.45, 2.75) is 6.92 Å². The van der Waals surface area contributed by atoms with Crippen LogP contribution in [0, 0.1) is 6.92 Å². The quantitative estimate of drug-likeness (QED) is 0.762. The highest BCUT2D eigenvalue weighted by atomic mass is 35.5. The molecule has 1 N–H and O–H groups in total. The van der Waals surface area contributed by atoms with Gasteiger partial charge in [-0.15, -0.1) is 0 Å². The van der Waals surface area contributed by atoms with Gasteiger partial charge >= 0.3 is 0 Å². The van der Waals surface area contributed by atoms with E-state index in [4.69, 9.17) is 11.6 Å². The van der Waals surface area contributed by atoms with Crippen molar-refractivity contribution in [2.75, 3.05) is 31.1 Å². The number of halogens is 1. The summed E-state index contributed by atoms with van der Waals surface area (Å²) in [5, 5.41) is 4.08. The van der Waals surface area contributed by atoms with Gasteiger partial charge in [0.2, 0.25) is 0 Å². The molecule has 1 aromatic heterocycles. The maximum absolute atomic E-state index is 5.99. The molecule has 1 saturated heterocycles. The van der Waals surface area contributed by atoms with E-state index in [0.29, 0.717) is 0 Å². The van der Waals surface area contributed by atoms with Gasteiger partial charge in [0.05, 0.1) is 0 Å². The molecule has 0 bridgehead atoms. The predicted octanol–water partition coefficient (Wildman–Crippen LogP) is 1.45. The number of rotatable bonds is 1. The summed E-state index contributed by atoms with van der Waals surface area (Å²) < 4.78 is 0. The second-order valence-electron chi connectivity index (χ2n) is 3.52. The highest BCUT2D eigenvalue weighted by molar-refractivity contribution is 6.30. The molecule has 0 radical (unpaired) electrons. The lowest BCUT2D eigenvalue weighted by molar-refractivity contribution is 0.584. The standard InChI is InChI=1S/C10H14ClN3/c1-8-6-9(11)7-10(13-8)14-4-2-12-3-5-14/h6-7,12H,2-5H2,1H3. The van der Waals surface area contributed by atoms with Crippen LogP contribution in [0.15, 0.2) is 12.1 Å². The van der Waals surface area contributed by atoms with Crippen molar-refractivity contribution in [3.8, 4) is 0 Å². The number of aromatic nitrogens is 1. The van der Waals surface area contributed by atoms with E-state index in [1.54, 1.807) is 0 Å². The normalized spacial score (nSPS) is 17.1. The molecule has 1 aromatic rings. The molecule has 4 heteroatoms. The number of pyridine rings is 1. The van der Waals surface area contributed by atoms with Crippen LogP contribution >= 0.6 is 11.6 Å². The number of aryl methyl sites for hydroxylation is 1. The van der Waals surface area contributed by atoms with Crippen LogP contribution in [0.2, 0.25) is 5.02 Å². The first-order chi connectivity index (χ1) is 6.75. The number of anilines is 1. The zero-order valence-electron chi connectivity index (χ0n) is 8.26. The van der Waals surface area contributed by atoms with Crippen LogP contribution in [0.5, 0.6) is 0 Å². The van der Waals surface area contributed by atoms with Gasteiger partial charge in [-0.2, -0.15) is 0 Å². The van der Waals surface area contributed by atoms with Gasteiger partial charge in [-0.05, 0) is 19.1 Å². The van der Waals surface area contributed by atoms with E-state index in [1.807, 2.05) is 19.1 Å². The SMILES string of the molecule is Cc1cc(Cl)cc(N2CCNCC2)n1. The number of hydrogen-bond donors (Lipinski definition) is 1. The molecule has 0 atom stereocenters. The first-order valence-corrected chi connectivity index (χ1v) is 5.23. The van der Waals surface area contributed by atoms with Crippen molar-refractivity contribution in [1.82, 2.24) is 10.3 Å². The number of nitrogens with zero attached hydrogens (tertiary/aromatic N) is 2. The highest BCUT2D eigenvalue weighted by Crippen LogP contribution is 2.18. The summed E-state index contributed by atoms with van der Waals surface area (Å²) in [7, 11) is 0. The molecular weight excluding hydrogens is 198 g/mol. The Morgan fingerprint density at radius 2 is 2.07 bits per heavy atom. The van der Waals surface area contributed by atoms with Crippen LogP contribution in [-0.2, 0) is 0 Å². The third-order valence-electron chi connectivity index (χ3n) is 2.35. The summed E-state index contributed by atoms with van der Waals surface area (Å²) in [5.41, 5.74) is 0.978. The Kier molecular flexibility index (Phi) is 2.89. The Hall–Kier alpha value is -0.800. The fourth-order valence-corrected chi connectivity index (χ4v) is 1.92. The second kappa shape index (κ2) is 4.15. The Labute approximate surface area is 89.1 Å². The maximum atomic E-state index is 5.99. The molecule has 0 spiro atoms. The average molecular weight is 212 g/mol. The molecular formula is C10H14ClN3. The van der Waals surface area contributed by atoms with Crippen LogP contribution in [0.4, 0.5) is 5.82 Å². The molecule has 0 aromatic carbocycles. The minimum atomic E-state index is 0.769. The zero-order chi connectivity index (χ0) is 9.97. The largest absolute Gasteiger partial charge is 0.354 e. The van der Waals surface area contributed by atoms with Gasteiger partial charge in [0.25, 0.3) is 0 Å². The van der Waals surface area contributed by atoms with Gasteiger partial charge in [0.1, 0.15) is 5.82 Å². The van der Waals surface area contributed by atoms with E-state index < -0.39 is 0 Å². The van der Waals surface area contributed by atoms with E-state index in [2.05, 4.69) is 15.2 Å². The molecule has 0 saturated carbocycles. The summed E-state index contributed by atoms with van der Waals surface area (Å²) >= 11 is 5.99. The summed E-state index contributed by atoms with van der Waals surface area (Å²) in [6.07, 6.45) is 0. The molecule has 2 rings (SSSR count). The lowest BCUT2D eigenvalue weighted by atomic mass is 10.3. The van der Waals surface area contributed by atoms with Crippen molar-refractivity contribution in [3.63, 3.8) is 0 Å². The summed E-state index contributed by atoms with van der Waals surface area (Å²) in [4.78, 5) is 6.73. The molecule has 1 aliphatic heterocycles. The molecule has 0 aliphatic carbocycles. The van der Waals surface area contributed by atoms with Gasteiger partial charge in [-0.3, -0.25) is 0 Å². The molecule has 0 unspecified atom stereocenters. The van der Waals surface area contributed by atoms with Crippen LogP contribution < -0.4 is 10.2 Å². The van der Waals surface area contributed by atoms with Crippen molar-refractivity contribution in [1.29, 1.82) is 0 Å². The Bertz CT molecular complexity index is 301. The molecule has 1 aliphatic rings. The Balaban J connectivity index is 2.21. The third kappa shape index (κ3) is 2.16. The fraction of sp³-hybridized carbons (Fsp3) is 0.500. The van der Waals surface area contributed by atoms with Crippen molar-refractivity contribution in [2.24, 2.45) is 0 Å². The van der Waals surface area contributed by atoms with E-state index >= 15 is 0 Å². The van der Waals surface area contributed by atoms with Gasteiger partial charge in [0.15, 0.2) is 0 Å². The summed E-state index contributed by atoms with van der Waals surface area (Å²) in [5.74, 6) is 0.997. The molecule has 0 amide bonds. The van der Waals surface area contributed by atoms with Crippen LogP contribution in [0.25, 0.3) is 0 Å². The molecule has 14 heavy (non-hydrogen) atoms. The number of hydrogen-bond acceptors (Lipinski definition) is 3.